The van der Waals surface area contributed by atoms with Gasteiger partial charge in [0.05, 0.1) is 13.2 Å². The summed E-state index contributed by atoms with van der Waals surface area (Å²) in [7, 11) is -1.75. The Labute approximate surface area is 276 Å². The summed E-state index contributed by atoms with van der Waals surface area (Å²) in [5.41, 5.74) is 2.44. The Morgan fingerprint density at radius 2 is 1.02 bits per heavy atom. The molecule has 230 valence electrons. The van der Waals surface area contributed by atoms with Crippen molar-refractivity contribution in [2.75, 3.05) is 13.2 Å². The molecular formula is C42H40O2P2. The van der Waals surface area contributed by atoms with Gasteiger partial charge >= 0.3 is 0 Å². The second-order valence-corrected chi connectivity index (χ2v) is 16.3. The van der Waals surface area contributed by atoms with E-state index >= 15 is 0 Å². The Bertz CT molecular complexity index is 1720. The third-order valence-corrected chi connectivity index (χ3v) is 13.6. The normalized spacial score (nSPS) is 16.8. The minimum absolute atomic E-state index is 0.359. The molecule has 0 radical (unpaired) electrons. The summed E-state index contributed by atoms with van der Waals surface area (Å²) in [6.07, 6.45) is 6.57. The van der Waals surface area contributed by atoms with E-state index in [-0.39, 0.29) is 0 Å². The zero-order chi connectivity index (χ0) is 31.1. The van der Waals surface area contributed by atoms with Crippen molar-refractivity contribution in [1.82, 2.24) is 0 Å². The number of rotatable bonds is 6. The molecule has 5 aromatic rings. The SMILES string of the molecule is CC1C=C(P(c2ccccc2)c2ccccc2)C2=C(C1)OCCCCCOc1cccc(P(c3ccccc3)c3ccccc3)c12. The molecule has 0 fully saturated rings. The predicted molar refractivity (Wildman–Crippen MR) is 198 cm³/mol. The average Bonchev–Trinajstić information content (AvgIpc) is 3.14. The van der Waals surface area contributed by atoms with Crippen LogP contribution in [-0.4, -0.2) is 13.2 Å². The van der Waals surface area contributed by atoms with Crippen LogP contribution in [0.3, 0.4) is 0 Å². The van der Waals surface area contributed by atoms with Gasteiger partial charge in [-0.1, -0.05) is 146 Å². The van der Waals surface area contributed by atoms with Crippen LogP contribution < -0.4 is 31.3 Å². The van der Waals surface area contributed by atoms with Gasteiger partial charge in [0.2, 0.25) is 0 Å². The van der Waals surface area contributed by atoms with Crippen LogP contribution in [0.15, 0.2) is 157 Å². The molecule has 0 saturated carbocycles. The molecule has 0 amide bonds. The van der Waals surface area contributed by atoms with Gasteiger partial charge in [-0.25, -0.2) is 0 Å². The standard InChI is InChI=1S/C42H40O2P2/c1-32-30-38-42(40(31-32)46(35-22-11-4-12-23-35)36-24-13-5-14-25-36)41-37(43-28-15-6-16-29-44-38)26-17-27-39(41)45(33-18-7-2-8-19-33)34-20-9-3-10-21-34/h2-5,7-14,17-27,31-32H,6,15-16,28-30H2,1H3. The molecule has 1 unspecified atom stereocenters. The number of fused-ring (bicyclic) bond motifs is 2. The van der Waals surface area contributed by atoms with Crippen molar-refractivity contribution in [2.45, 2.75) is 32.6 Å². The number of hydrogen-bond acceptors (Lipinski definition) is 2. The average molecular weight is 639 g/mol. The van der Waals surface area contributed by atoms with Gasteiger partial charge in [0.15, 0.2) is 0 Å². The molecule has 0 saturated heterocycles. The maximum absolute atomic E-state index is 6.90. The first-order valence-corrected chi connectivity index (χ1v) is 19.1. The van der Waals surface area contributed by atoms with Crippen LogP contribution in [0.4, 0.5) is 0 Å². The van der Waals surface area contributed by atoms with Crippen molar-refractivity contribution in [1.29, 1.82) is 0 Å². The molecule has 0 N–H and O–H groups in total. The van der Waals surface area contributed by atoms with Gasteiger partial charge in [0, 0.05) is 17.6 Å². The summed E-state index contributed by atoms with van der Waals surface area (Å²) in [5, 5.41) is 8.04. The Balaban J connectivity index is 1.53. The summed E-state index contributed by atoms with van der Waals surface area (Å²) >= 11 is 0. The van der Waals surface area contributed by atoms with Crippen molar-refractivity contribution >= 4 is 47.9 Å². The highest BCUT2D eigenvalue weighted by molar-refractivity contribution is 7.80. The van der Waals surface area contributed by atoms with E-state index in [0.29, 0.717) is 12.5 Å². The molecule has 46 heavy (non-hydrogen) atoms. The lowest BCUT2D eigenvalue weighted by Gasteiger charge is -2.34. The molecule has 2 aliphatic rings. The molecule has 1 aliphatic heterocycles. The predicted octanol–water partition coefficient (Wildman–Crippen LogP) is 8.79. The molecule has 5 aromatic carbocycles. The minimum Gasteiger partial charge on any atom is -0.497 e. The van der Waals surface area contributed by atoms with Gasteiger partial charge in [0.25, 0.3) is 0 Å². The first-order valence-electron chi connectivity index (χ1n) is 16.4. The van der Waals surface area contributed by atoms with Crippen LogP contribution in [0.2, 0.25) is 0 Å². The highest BCUT2D eigenvalue weighted by atomic mass is 31.1. The fraction of sp³-hybridized carbons (Fsp3) is 0.190. The maximum Gasteiger partial charge on any atom is 0.127 e. The lowest BCUT2D eigenvalue weighted by atomic mass is 9.91. The van der Waals surface area contributed by atoms with Crippen LogP contribution in [0.1, 0.15) is 38.2 Å². The highest BCUT2D eigenvalue weighted by Gasteiger charge is 2.34. The third kappa shape index (κ3) is 6.62. The third-order valence-electron chi connectivity index (χ3n) is 8.60. The van der Waals surface area contributed by atoms with E-state index in [1.54, 1.807) is 0 Å². The zero-order valence-electron chi connectivity index (χ0n) is 26.4. The fourth-order valence-electron chi connectivity index (χ4n) is 6.53. The van der Waals surface area contributed by atoms with Crippen LogP contribution in [-0.2, 0) is 4.74 Å². The van der Waals surface area contributed by atoms with Crippen molar-refractivity contribution in [3.63, 3.8) is 0 Å². The van der Waals surface area contributed by atoms with Crippen molar-refractivity contribution in [2.24, 2.45) is 5.92 Å². The van der Waals surface area contributed by atoms with Crippen molar-refractivity contribution < 1.29 is 9.47 Å². The van der Waals surface area contributed by atoms with Crippen molar-refractivity contribution in [3.8, 4) is 5.75 Å². The Morgan fingerprint density at radius 3 is 1.57 bits per heavy atom. The number of allylic oxidation sites excluding steroid dienone is 4. The highest BCUT2D eigenvalue weighted by Crippen LogP contribution is 2.56. The maximum atomic E-state index is 6.90. The van der Waals surface area contributed by atoms with Gasteiger partial charge < -0.3 is 9.47 Å². The first kappa shape index (κ1) is 30.7. The number of hydrogen-bond donors (Lipinski definition) is 0. The van der Waals surface area contributed by atoms with E-state index in [0.717, 1.165) is 43.8 Å². The van der Waals surface area contributed by atoms with E-state index in [9.17, 15) is 0 Å². The van der Waals surface area contributed by atoms with E-state index in [4.69, 9.17) is 9.47 Å². The molecule has 4 heteroatoms. The van der Waals surface area contributed by atoms with E-state index in [2.05, 4.69) is 153 Å². The lowest BCUT2D eigenvalue weighted by molar-refractivity contribution is 0.190. The van der Waals surface area contributed by atoms with Gasteiger partial charge in [-0.3, -0.25) is 0 Å². The van der Waals surface area contributed by atoms with E-state index in [1.807, 2.05) is 0 Å². The van der Waals surface area contributed by atoms with Gasteiger partial charge in [-0.2, -0.15) is 0 Å². The largest absolute Gasteiger partial charge is 0.497 e. The fourth-order valence-corrected chi connectivity index (χ4v) is 11.7. The summed E-state index contributed by atoms with van der Waals surface area (Å²) in [4.78, 5) is 0. The van der Waals surface area contributed by atoms with Crippen LogP contribution in [0.25, 0.3) is 5.57 Å². The van der Waals surface area contributed by atoms with Gasteiger partial charge in [-0.15, -0.1) is 0 Å². The molecule has 7 rings (SSSR count). The molecule has 1 atom stereocenters. The summed E-state index contributed by atoms with van der Waals surface area (Å²) in [6.45, 7) is 3.78. The number of benzene rings is 5. The quantitative estimate of drug-likeness (QED) is 0.173. The topological polar surface area (TPSA) is 18.5 Å². The van der Waals surface area contributed by atoms with Gasteiger partial charge in [-0.05, 0) is 78.9 Å². The second kappa shape index (κ2) is 14.6. The minimum atomic E-state index is -0.883. The Hall–Kier alpha value is -3.96. The lowest BCUT2D eigenvalue weighted by Crippen LogP contribution is -2.26. The van der Waals surface area contributed by atoms with Crippen LogP contribution >= 0.6 is 15.8 Å². The zero-order valence-corrected chi connectivity index (χ0v) is 28.2. The second-order valence-electron chi connectivity index (χ2n) is 12.0. The number of ether oxygens (including phenoxy) is 2. The smallest absolute Gasteiger partial charge is 0.127 e. The molecule has 2 nitrogen and oxygen atoms in total. The molecular weight excluding hydrogens is 598 g/mol. The monoisotopic (exact) mass is 638 g/mol. The molecule has 1 heterocycles. The van der Waals surface area contributed by atoms with Gasteiger partial charge in [0.1, 0.15) is 11.5 Å². The van der Waals surface area contributed by atoms with Crippen molar-refractivity contribution in [3.05, 3.63) is 162 Å². The Morgan fingerprint density at radius 1 is 0.522 bits per heavy atom. The molecule has 0 aromatic heterocycles. The summed E-state index contributed by atoms with van der Waals surface area (Å²) in [6, 6.07) is 50.9. The van der Waals surface area contributed by atoms with Crippen LogP contribution in [0, 0.1) is 5.92 Å². The summed E-state index contributed by atoms with van der Waals surface area (Å²) < 4.78 is 13.7. The first-order chi connectivity index (χ1) is 22.8. The summed E-state index contributed by atoms with van der Waals surface area (Å²) in [5.74, 6) is 2.43. The van der Waals surface area contributed by atoms with E-state index < -0.39 is 15.8 Å². The molecule has 1 aliphatic carbocycles. The molecule has 0 spiro atoms. The van der Waals surface area contributed by atoms with Crippen LogP contribution in [0.5, 0.6) is 5.75 Å². The van der Waals surface area contributed by atoms with E-state index in [1.165, 1.54) is 43.0 Å². The molecule has 0 bridgehead atoms. The Kier molecular flexibility index (Phi) is 9.76.